The van der Waals surface area contributed by atoms with E-state index in [1.54, 1.807) is 0 Å². The third-order valence-corrected chi connectivity index (χ3v) is 3.25. The molecule has 0 aliphatic heterocycles. The predicted octanol–water partition coefficient (Wildman–Crippen LogP) is 1.96. The summed E-state index contributed by atoms with van der Waals surface area (Å²) in [5.74, 6) is 0. The van der Waals surface area contributed by atoms with Crippen molar-refractivity contribution < 1.29 is 13.2 Å². The average molecular weight is 239 g/mol. The van der Waals surface area contributed by atoms with Gasteiger partial charge in [-0.3, -0.25) is 4.79 Å². The fourth-order valence-corrected chi connectivity index (χ4v) is 1.72. The van der Waals surface area contributed by atoms with Gasteiger partial charge in [0.25, 0.3) is 0 Å². The largest absolute Gasteiger partial charge is 0.285 e. The molecule has 6 heteroatoms. The minimum atomic E-state index is -3.86. The number of hydrogen-bond donors (Lipinski definition) is 0. The lowest BCUT2D eigenvalue weighted by Crippen LogP contribution is -2.00. The molecule has 0 N–H and O–H groups in total. The summed E-state index contributed by atoms with van der Waals surface area (Å²) in [6.07, 6.45) is 0. The Kier molecular flexibility index (Phi) is 2.95. The van der Waals surface area contributed by atoms with Crippen molar-refractivity contribution in [2.24, 2.45) is 0 Å². The molecule has 0 radical (unpaired) electrons. The zero-order valence-electron chi connectivity index (χ0n) is 6.20. The topological polar surface area (TPSA) is 51.2 Å². The molecule has 0 fully saturated rings. The molecule has 13 heavy (non-hydrogen) atoms. The maximum Gasteiger partial charge on any atom is 0.238 e. The Hall–Kier alpha value is -0.580. The fraction of sp³-hybridized carbons (Fsp3) is 0. The van der Waals surface area contributed by atoms with Crippen LogP contribution in [0.1, 0.15) is 0 Å². The summed E-state index contributed by atoms with van der Waals surface area (Å²) in [6, 6.07) is 3.67. The molecular formula is C7H4Cl2O3S. The number of sulfone groups is 1. The van der Waals surface area contributed by atoms with E-state index in [2.05, 4.69) is 0 Å². The van der Waals surface area contributed by atoms with Gasteiger partial charge in [-0.1, -0.05) is 23.2 Å². The Labute approximate surface area is 85.2 Å². The molecule has 0 heterocycles. The summed E-state index contributed by atoms with van der Waals surface area (Å²) in [6.45, 7) is 0. The van der Waals surface area contributed by atoms with E-state index >= 15 is 0 Å². The second-order valence-electron chi connectivity index (χ2n) is 2.22. The summed E-state index contributed by atoms with van der Waals surface area (Å²) in [7, 11) is -3.86. The fourth-order valence-electron chi connectivity index (χ4n) is 0.709. The summed E-state index contributed by atoms with van der Waals surface area (Å²) in [5, 5.41) is 0.344. The van der Waals surface area contributed by atoms with Crippen molar-refractivity contribution in [2.75, 3.05) is 0 Å². The van der Waals surface area contributed by atoms with Crippen LogP contribution in [0.3, 0.4) is 0 Å². The van der Waals surface area contributed by atoms with Gasteiger partial charge in [0.15, 0.2) is 0 Å². The van der Waals surface area contributed by atoms with Gasteiger partial charge in [0.2, 0.25) is 15.5 Å². The molecule has 0 unspecified atom stereocenters. The molecule has 0 saturated heterocycles. The minimum absolute atomic E-state index is 0.101. The van der Waals surface area contributed by atoms with Crippen molar-refractivity contribution in [1.82, 2.24) is 0 Å². The highest BCUT2D eigenvalue weighted by atomic mass is 35.5. The van der Waals surface area contributed by atoms with Crippen molar-refractivity contribution >= 4 is 38.7 Å². The molecule has 0 bridgehead atoms. The summed E-state index contributed by atoms with van der Waals surface area (Å²) < 4.78 is 22.0. The first-order valence-electron chi connectivity index (χ1n) is 3.12. The molecule has 3 nitrogen and oxygen atoms in total. The van der Waals surface area contributed by atoms with E-state index in [-0.39, 0.29) is 20.6 Å². The molecule has 0 amide bonds. The van der Waals surface area contributed by atoms with Gasteiger partial charge in [-0.25, -0.2) is 8.42 Å². The second kappa shape index (κ2) is 3.65. The molecular weight excluding hydrogens is 235 g/mol. The van der Waals surface area contributed by atoms with Crippen LogP contribution in [-0.2, 0) is 14.6 Å². The molecule has 0 aliphatic rings. The third-order valence-electron chi connectivity index (χ3n) is 1.35. The van der Waals surface area contributed by atoms with E-state index < -0.39 is 9.84 Å². The summed E-state index contributed by atoms with van der Waals surface area (Å²) in [4.78, 5) is 10.0. The van der Waals surface area contributed by atoms with Gasteiger partial charge in [-0.2, -0.15) is 0 Å². The molecule has 1 rings (SSSR count). The predicted molar refractivity (Wildman–Crippen MR) is 50.4 cm³/mol. The minimum Gasteiger partial charge on any atom is -0.285 e. The second-order valence-corrected chi connectivity index (χ2v) is 4.79. The van der Waals surface area contributed by atoms with Gasteiger partial charge in [0.05, 0.1) is 14.9 Å². The van der Waals surface area contributed by atoms with Crippen molar-refractivity contribution in [3.63, 3.8) is 0 Å². The number of carbonyl (C=O) groups is 1. The van der Waals surface area contributed by atoms with Crippen molar-refractivity contribution in [1.29, 1.82) is 0 Å². The Morgan fingerprint density at radius 2 is 1.77 bits per heavy atom. The van der Waals surface area contributed by atoms with E-state index in [9.17, 15) is 13.2 Å². The van der Waals surface area contributed by atoms with Gasteiger partial charge in [0, 0.05) is 0 Å². The smallest absolute Gasteiger partial charge is 0.238 e. The normalized spacial score (nSPS) is 11.2. The number of halogens is 2. The Bertz CT molecular complexity index is 439. The lowest BCUT2D eigenvalue weighted by atomic mass is 10.4. The molecule has 1 aromatic rings. The highest BCUT2D eigenvalue weighted by Gasteiger charge is 2.13. The van der Waals surface area contributed by atoms with Crippen LogP contribution in [-0.4, -0.2) is 14.0 Å². The van der Waals surface area contributed by atoms with Gasteiger partial charge in [0.1, 0.15) is 0 Å². The molecule has 0 atom stereocenters. The molecule has 0 spiro atoms. The van der Waals surface area contributed by atoms with Crippen LogP contribution in [0, 0.1) is 0 Å². The van der Waals surface area contributed by atoms with Gasteiger partial charge >= 0.3 is 0 Å². The number of rotatable bonds is 2. The van der Waals surface area contributed by atoms with Crippen LogP contribution in [0.5, 0.6) is 0 Å². The molecule has 0 aromatic heterocycles. The van der Waals surface area contributed by atoms with Crippen LogP contribution in [0.15, 0.2) is 23.1 Å². The van der Waals surface area contributed by atoms with Gasteiger partial charge in [-0.15, -0.1) is 0 Å². The lowest BCUT2D eigenvalue weighted by Gasteiger charge is -1.98. The first-order valence-corrected chi connectivity index (χ1v) is 5.43. The lowest BCUT2D eigenvalue weighted by molar-refractivity contribution is 0.556. The first kappa shape index (κ1) is 10.5. The molecule has 1 aromatic carbocycles. The quantitative estimate of drug-likeness (QED) is 0.741. The first-order chi connectivity index (χ1) is 5.97. The average Bonchev–Trinajstić information content (AvgIpc) is 2.09. The maximum absolute atomic E-state index is 11.0. The van der Waals surface area contributed by atoms with Gasteiger partial charge < -0.3 is 0 Å². The van der Waals surface area contributed by atoms with Crippen molar-refractivity contribution in [3.05, 3.63) is 28.2 Å². The Morgan fingerprint density at radius 3 is 2.23 bits per heavy atom. The van der Waals surface area contributed by atoms with E-state index in [0.29, 0.717) is 0 Å². The maximum atomic E-state index is 11.0. The van der Waals surface area contributed by atoms with E-state index in [4.69, 9.17) is 23.2 Å². The SMILES string of the molecule is O=CS(=O)(=O)c1ccc(Cl)c(Cl)c1. The molecule has 0 saturated carbocycles. The van der Waals surface area contributed by atoms with Crippen molar-refractivity contribution in [3.8, 4) is 0 Å². The Morgan fingerprint density at radius 1 is 1.15 bits per heavy atom. The van der Waals surface area contributed by atoms with E-state index in [1.807, 2.05) is 0 Å². The number of benzene rings is 1. The van der Waals surface area contributed by atoms with Crippen molar-refractivity contribution in [2.45, 2.75) is 4.90 Å². The Balaban J connectivity index is 3.35. The van der Waals surface area contributed by atoms with Crippen LogP contribution in [0.4, 0.5) is 0 Å². The molecule has 0 aliphatic carbocycles. The highest BCUT2D eigenvalue weighted by Crippen LogP contribution is 2.24. The zero-order valence-corrected chi connectivity index (χ0v) is 8.53. The molecule has 70 valence electrons. The van der Waals surface area contributed by atoms with Gasteiger partial charge in [-0.05, 0) is 18.2 Å². The standard InChI is InChI=1S/C7H4Cl2O3S/c8-6-2-1-5(3-7(6)9)13(11,12)4-10/h1-4H. The summed E-state index contributed by atoms with van der Waals surface area (Å²) >= 11 is 11.1. The van der Waals surface area contributed by atoms with E-state index in [0.717, 1.165) is 6.07 Å². The number of carbonyl (C=O) groups excluding carboxylic acids is 1. The van der Waals surface area contributed by atoms with E-state index in [1.165, 1.54) is 12.1 Å². The number of hydrogen-bond acceptors (Lipinski definition) is 3. The van der Waals surface area contributed by atoms with Crippen LogP contribution in [0.2, 0.25) is 10.0 Å². The summed E-state index contributed by atoms with van der Waals surface area (Å²) in [5.41, 5.74) is -0.132. The highest BCUT2D eigenvalue weighted by molar-refractivity contribution is 8.04. The zero-order chi connectivity index (χ0) is 10.1. The third kappa shape index (κ3) is 2.21. The van der Waals surface area contributed by atoms with Crippen LogP contribution in [0.25, 0.3) is 0 Å². The monoisotopic (exact) mass is 238 g/mol. The van der Waals surface area contributed by atoms with Crippen LogP contribution < -0.4 is 0 Å². The van der Waals surface area contributed by atoms with Crippen LogP contribution >= 0.6 is 23.2 Å².